The van der Waals surface area contributed by atoms with E-state index in [1.807, 2.05) is 0 Å². The van der Waals surface area contributed by atoms with Gasteiger partial charge in [-0.05, 0) is 0 Å². The summed E-state index contributed by atoms with van der Waals surface area (Å²) in [6.07, 6.45) is -8.90. The highest BCUT2D eigenvalue weighted by Gasteiger charge is 2.46. The van der Waals surface area contributed by atoms with Crippen LogP contribution >= 0.6 is 15.6 Å². The van der Waals surface area contributed by atoms with Crippen molar-refractivity contribution in [3.05, 3.63) is 16.7 Å². The topological polar surface area (TPSA) is 291 Å². The van der Waals surface area contributed by atoms with Gasteiger partial charge in [0.2, 0.25) is 5.95 Å². The number of aromatic amines is 1. The monoisotopic (exact) mass is 559 g/mol. The van der Waals surface area contributed by atoms with Gasteiger partial charge >= 0.3 is 15.6 Å². The summed E-state index contributed by atoms with van der Waals surface area (Å²) in [7, 11) is -10.5. The molecule has 2 aliphatic rings. The molecule has 0 aromatic carbocycles. The number of nitrogens with zero attached hydrogens (tertiary/aromatic N) is 3. The zero-order valence-corrected chi connectivity index (χ0v) is 19.8. The molecule has 2 fully saturated rings. The van der Waals surface area contributed by atoms with Crippen LogP contribution in [0.15, 0.2) is 11.1 Å². The number of hydrogen-bond acceptors (Lipinski definition) is 15. The van der Waals surface area contributed by atoms with Gasteiger partial charge in [0.25, 0.3) is 5.56 Å². The van der Waals surface area contributed by atoms with E-state index in [4.69, 9.17) is 15.2 Å². The quantitative estimate of drug-likeness (QED) is 0.139. The van der Waals surface area contributed by atoms with Gasteiger partial charge in [-0.2, -0.15) is 9.29 Å². The number of aromatic nitrogens is 4. The summed E-state index contributed by atoms with van der Waals surface area (Å²) < 4.78 is 48.9. The Morgan fingerprint density at radius 2 is 1.72 bits per heavy atom. The van der Waals surface area contributed by atoms with Gasteiger partial charge in [-0.1, -0.05) is 0 Å². The molecule has 36 heavy (non-hydrogen) atoms. The number of fused-ring (bicyclic) bond motifs is 1. The first kappa shape index (κ1) is 27.2. The zero-order valence-electron chi connectivity index (χ0n) is 18.0. The summed E-state index contributed by atoms with van der Waals surface area (Å²) in [6.45, 7) is -1.91. The van der Waals surface area contributed by atoms with Gasteiger partial charge in [0.1, 0.15) is 36.6 Å². The number of imidazole rings is 1. The van der Waals surface area contributed by atoms with Gasteiger partial charge in [-0.15, -0.1) is 0 Å². The summed E-state index contributed by atoms with van der Waals surface area (Å²) in [5.74, 6) is -0.249. The number of aliphatic hydroxyl groups is 4. The zero-order chi connectivity index (χ0) is 26.4. The lowest BCUT2D eigenvalue weighted by atomic mass is 10.1. The minimum absolute atomic E-state index is 0.0764. The Kier molecular flexibility index (Phi) is 7.67. The average Bonchev–Trinajstić information content (AvgIpc) is 3.42. The van der Waals surface area contributed by atoms with Gasteiger partial charge in [-0.3, -0.25) is 23.4 Å². The molecule has 4 heterocycles. The summed E-state index contributed by atoms with van der Waals surface area (Å²) in [5, 5.41) is 39.7. The number of ether oxygens (including phenoxy) is 2. The van der Waals surface area contributed by atoms with E-state index in [0.29, 0.717) is 0 Å². The lowest BCUT2D eigenvalue weighted by molar-refractivity contribution is -0.0506. The van der Waals surface area contributed by atoms with Crippen LogP contribution in [0.2, 0.25) is 0 Å². The van der Waals surface area contributed by atoms with Crippen LogP contribution in [0.1, 0.15) is 6.23 Å². The van der Waals surface area contributed by atoms with E-state index in [0.717, 1.165) is 10.9 Å². The molecule has 0 radical (unpaired) electrons. The van der Waals surface area contributed by atoms with Gasteiger partial charge in [0, 0.05) is 0 Å². The Hall–Kier alpha value is -1.83. The number of rotatable bonds is 9. The predicted octanol–water partition coefficient (Wildman–Crippen LogP) is -3.31. The first-order valence-corrected chi connectivity index (χ1v) is 13.1. The predicted molar refractivity (Wildman–Crippen MR) is 113 cm³/mol. The maximum atomic E-state index is 12.1. The second-order valence-electron chi connectivity index (χ2n) is 7.86. The van der Waals surface area contributed by atoms with Crippen molar-refractivity contribution in [3.8, 4) is 0 Å². The molecule has 0 bridgehead atoms. The van der Waals surface area contributed by atoms with E-state index >= 15 is 0 Å². The van der Waals surface area contributed by atoms with Crippen LogP contribution in [-0.4, -0.2) is 106 Å². The summed E-state index contributed by atoms with van der Waals surface area (Å²) in [6, 6.07) is 0. The molecule has 0 aliphatic carbocycles. The van der Waals surface area contributed by atoms with Crippen molar-refractivity contribution in [1.82, 2.24) is 19.5 Å². The van der Waals surface area contributed by atoms with Crippen molar-refractivity contribution < 1.29 is 62.2 Å². The van der Waals surface area contributed by atoms with Crippen LogP contribution in [-0.2, 0) is 32.0 Å². The van der Waals surface area contributed by atoms with Gasteiger partial charge in [0.15, 0.2) is 17.4 Å². The number of nitrogen functional groups attached to an aromatic ring is 1. The van der Waals surface area contributed by atoms with Crippen LogP contribution in [0.3, 0.4) is 0 Å². The third-order valence-corrected chi connectivity index (χ3v) is 7.93. The van der Waals surface area contributed by atoms with E-state index in [2.05, 4.69) is 28.3 Å². The summed E-state index contributed by atoms with van der Waals surface area (Å²) in [5.41, 5.74) is 4.65. The van der Waals surface area contributed by atoms with E-state index < -0.39 is 77.3 Å². The molecule has 19 nitrogen and oxygen atoms in total. The molecular weight excluding hydrogens is 536 g/mol. The number of H-pyrrole nitrogens is 1. The first-order chi connectivity index (χ1) is 16.8. The van der Waals surface area contributed by atoms with Crippen molar-refractivity contribution in [3.63, 3.8) is 0 Å². The molecule has 0 spiro atoms. The van der Waals surface area contributed by atoms with Crippen LogP contribution in [0.5, 0.6) is 0 Å². The number of nitrogens with one attached hydrogen (secondary N) is 1. The molecule has 4 rings (SSSR count). The first-order valence-electron chi connectivity index (χ1n) is 10.2. The van der Waals surface area contributed by atoms with Crippen molar-refractivity contribution in [2.45, 2.75) is 42.9 Å². The molecule has 2 aliphatic heterocycles. The maximum Gasteiger partial charge on any atom is 0.481 e. The van der Waals surface area contributed by atoms with Crippen LogP contribution < -0.4 is 11.3 Å². The SMILES string of the molecule is Nc1nc2c(ncn2[C@@H]2O[C@H](COP(=O)(O)OP(=O)(O)OC[C@H]3OC[C@H](O)[C@@H]3O)[C@@H](O)[C@H]2O)c(=O)[nH]1. The highest BCUT2D eigenvalue weighted by atomic mass is 31.3. The lowest BCUT2D eigenvalue weighted by Crippen LogP contribution is -2.33. The van der Waals surface area contributed by atoms with E-state index in [1.54, 1.807) is 0 Å². The molecule has 9 N–H and O–H groups in total. The second-order valence-corrected chi connectivity index (χ2v) is 10.9. The van der Waals surface area contributed by atoms with Crippen molar-refractivity contribution in [2.75, 3.05) is 25.6 Å². The fourth-order valence-electron chi connectivity index (χ4n) is 3.55. The molecule has 0 saturated carbocycles. The molecule has 2 aromatic heterocycles. The fourth-order valence-corrected chi connectivity index (χ4v) is 5.64. The fraction of sp³-hybridized carbons (Fsp3) is 0.667. The molecule has 21 heteroatoms. The Morgan fingerprint density at radius 1 is 1.08 bits per heavy atom. The Balaban J connectivity index is 1.36. The normalized spacial score (nSPS) is 34.1. The molecule has 0 amide bonds. The van der Waals surface area contributed by atoms with E-state index in [1.165, 1.54) is 0 Å². The van der Waals surface area contributed by atoms with E-state index in [9.17, 15) is 44.1 Å². The van der Waals surface area contributed by atoms with Crippen molar-refractivity contribution in [2.24, 2.45) is 0 Å². The molecule has 202 valence electrons. The Bertz CT molecular complexity index is 1250. The minimum atomic E-state index is -5.29. The van der Waals surface area contributed by atoms with Gasteiger partial charge in [0.05, 0.1) is 26.1 Å². The third kappa shape index (κ3) is 5.68. The van der Waals surface area contributed by atoms with Crippen LogP contribution in [0, 0.1) is 0 Å². The highest BCUT2D eigenvalue weighted by molar-refractivity contribution is 7.61. The number of aliphatic hydroxyl groups excluding tert-OH is 4. The summed E-state index contributed by atoms with van der Waals surface area (Å²) >= 11 is 0. The molecule has 2 saturated heterocycles. The summed E-state index contributed by atoms with van der Waals surface area (Å²) in [4.78, 5) is 41.4. The van der Waals surface area contributed by atoms with Crippen LogP contribution in [0.25, 0.3) is 11.2 Å². The van der Waals surface area contributed by atoms with Gasteiger partial charge < -0.3 is 45.4 Å². The largest absolute Gasteiger partial charge is 0.481 e. The molecular formula is C15H23N5O14P2. The maximum absolute atomic E-state index is 12.1. The molecule has 9 atom stereocenters. The second kappa shape index (κ2) is 10.1. The highest BCUT2D eigenvalue weighted by Crippen LogP contribution is 2.60. The van der Waals surface area contributed by atoms with E-state index in [-0.39, 0.29) is 23.7 Å². The standard InChI is InChI=1S/C15H23N5O14P2/c16-15-18-12-8(13(25)19-15)17-4-20(12)14-11(24)10(23)7(33-14)3-32-36(28,29)34-35(26,27)31-2-6-9(22)5(21)1-30-6/h4-7,9-11,14,21-24H,1-3H2,(H,26,27)(H,28,29)(H3,16,18,19,25)/t5-,6+,7+,9-,10+,11+,14+/m0/s1. The van der Waals surface area contributed by atoms with Gasteiger partial charge in [-0.25, -0.2) is 14.1 Å². The number of phosphoric ester groups is 2. The number of nitrogens with two attached hydrogens (primary N) is 1. The molecule has 2 unspecified atom stereocenters. The molecule has 2 aromatic rings. The number of hydrogen-bond donors (Lipinski definition) is 8. The Labute approximate surface area is 200 Å². The lowest BCUT2D eigenvalue weighted by Gasteiger charge is -2.20. The van der Waals surface area contributed by atoms with Crippen molar-refractivity contribution in [1.29, 1.82) is 0 Å². The minimum Gasteiger partial charge on any atom is -0.388 e. The number of phosphoric acid groups is 2. The smallest absolute Gasteiger partial charge is 0.388 e. The Morgan fingerprint density at radius 3 is 2.33 bits per heavy atom. The average molecular weight is 559 g/mol. The van der Waals surface area contributed by atoms with Crippen LogP contribution in [0.4, 0.5) is 5.95 Å². The van der Waals surface area contributed by atoms with Crippen molar-refractivity contribution >= 4 is 32.8 Å². The third-order valence-electron chi connectivity index (χ3n) is 5.33. The number of anilines is 1.